The summed E-state index contributed by atoms with van der Waals surface area (Å²) in [5, 5.41) is 6.75. The lowest BCUT2D eigenvalue weighted by molar-refractivity contribution is -0.0261. The van der Waals surface area contributed by atoms with E-state index in [2.05, 4.69) is 28.7 Å². The molecular formula is C11H25N3OS. The number of likely N-dealkylation sites (N-methyl/N-ethyl adjacent to an activating group) is 1. The smallest absolute Gasteiger partial charge is 0.0826 e. The van der Waals surface area contributed by atoms with E-state index in [0.29, 0.717) is 6.10 Å². The van der Waals surface area contributed by atoms with Crippen LogP contribution in [0.1, 0.15) is 6.92 Å². The summed E-state index contributed by atoms with van der Waals surface area (Å²) in [6.45, 7) is 9.35. The van der Waals surface area contributed by atoms with Gasteiger partial charge < -0.3 is 15.4 Å². The summed E-state index contributed by atoms with van der Waals surface area (Å²) in [6.07, 6.45) is 2.49. The van der Waals surface area contributed by atoms with E-state index in [1.54, 1.807) is 0 Å². The van der Waals surface area contributed by atoms with E-state index in [4.69, 9.17) is 4.74 Å². The van der Waals surface area contributed by atoms with Crippen molar-refractivity contribution in [3.8, 4) is 0 Å². The highest BCUT2D eigenvalue weighted by Crippen LogP contribution is 2.03. The third-order valence-corrected chi connectivity index (χ3v) is 3.19. The number of ether oxygens (including phenoxy) is 1. The topological polar surface area (TPSA) is 36.5 Å². The van der Waals surface area contributed by atoms with E-state index in [9.17, 15) is 0 Å². The van der Waals surface area contributed by atoms with Crippen LogP contribution in [0.3, 0.4) is 0 Å². The standard InChI is InChI=1S/C11H25N3OS/c1-3-12-8-11-9-14(6-7-15-11)5-4-13-10-16-2/h11-13H,3-10H2,1-2H3/t11-/m1/s1. The van der Waals surface area contributed by atoms with Gasteiger partial charge in [-0.1, -0.05) is 6.92 Å². The molecule has 1 atom stereocenters. The van der Waals surface area contributed by atoms with Crippen LogP contribution in [0.5, 0.6) is 0 Å². The minimum Gasteiger partial charge on any atom is -0.374 e. The van der Waals surface area contributed by atoms with Crippen LogP contribution < -0.4 is 10.6 Å². The molecule has 0 aliphatic carbocycles. The first-order valence-corrected chi connectivity index (χ1v) is 7.50. The molecule has 0 aromatic carbocycles. The van der Waals surface area contributed by atoms with E-state index in [1.807, 2.05) is 11.8 Å². The number of nitrogens with one attached hydrogen (secondary N) is 2. The van der Waals surface area contributed by atoms with Gasteiger partial charge in [-0.05, 0) is 12.8 Å². The zero-order valence-electron chi connectivity index (χ0n) is 10.5. The van der Waals surface area contributed by atoms with E-state index in [1.165, 1.54) is 0 Å². The highest BCUT2D eigenvalue weighted by atomic mass is 32.2. The summed E-state index contributed by atoms with van der Waals surface area (Å²) >= 11 is 1.84. The highest BCUT2D eigenvalue weighted by Gasteiger charge is 2.19. The molecule has 0 saturated carbocycles. The van der Waals surface area contributed by atoms with Crippen LogP contribution in [0.15, 0.2) is 0 Å². The van der Waals surface area contributed by atoms with Crippen LogP contribution in [-0.4, -0.2) is 69.0 Å². The second kappa shape index (κ2) is 9.24. The van der Waals surface area contributed by atoms with Gasteiger partial charge in [-0.25, -0.2) is 0 Å². The zero-order chi connectivity index (χ0) is 11.6. The molecule has 0 aromatic heterocycles. The van der Waals surface area contributed by atoms with Crippen molar-refractivity contribution < 1.29 is 4.74 Å². The van der Waals surface area contributed by atoms with Crippen LogP contribution in [0.4, 0.5) is 0 Å². The molecule has 1 saturated heterocycles. The fraction of sp³-hybridized carbons (Fsp3) is 1.00. The van der Waals surface area contributed by atoms with Crippen LogP contribution in [0.25, 0.3) is 0 Å². The predicted octanol–water partition coefficient (Wildman–Crippen LogP) is 0.207. The van der Waals surface area contributed by atoms with Crippen molar-refractivity contribution in [1.29, 1.82) is 0 Å². The summed E-state index contributed by atoms with van der Waals surface area (Å²) in [5.74, 6) is 1.05. The maximum Gasteiger partial charge on any atom is 0.0826 e. The first-order valence-electron chi connectivity index (χ1n) is 6.11. The van der Waals surface area contributed by atoms with Crippen LogP contribution >= 0.6 is 11.8 Å². The molecule has 0 bridgehead atoms. The largest absolute Gasteiger partial charge is 0.374 e. The number of hydrogen-bond acceptors (Lipinski definition) is 5. The van der Waals surface area contributed by atoms with E-state index in [0.717, 1.165) is 51.8 Å². The average Bonchev–Trinajstić information content (AvgIpc) is 2.33. The number of thioether (sulfide) groups is 1. The van der Waals surface area contributed by atoms with Crippen molar-refractivity contribution in [2.75, 3.05) is 58.0 Å². The molecule has 1 aliphatic heterocycles. The molecule has 0 spiro atoms. The van der Waals surface area contributed by atoms with Gasteiger partial charge >= 0.3 is 0 Å². The molecule has 16 heavy (non-hydrogen) atoms. The summed E-state index contributed by atoms with van der Waals surface area (Å²) < 4.78 is 5.71. The summed E-state index contributed by atoms with van der Waals surface area (Å²) in [6, 6.07) is 0. The van der Waals surface area contributed by atoms with Gasteiger partial charge in [0.1, 0.15) is 0 Å². The quantitative estimate of drug-likeness (QED) is 0.474. The minimum atomic E-state index is 0.370. The van der Waals surface area contributed by atoms with Crippen molar-refractivity contribution in [2.24, 2.45) is 0 Å². The molecule has 0 unspecified atom stereocenters. The Morgan fingerprint density at radius 1 is 1.44 bits per heavy atom. The van der Waals surface area contributed by atoms with Crippen molar-refractivity contribution in [2.45, 2.75) is 13.0 Å². The maximum absolute atomic E-state index is 5.71. The Labute approximate surface area is 103 Å². The van der Waals surface area contributed by atoms with Gasteiger partial charge in [0, 0.05) is 38.6 Å². The molecule has 96 valence electrons. The van der Waals surface area contributed by atoms with Crippen molar-refractivity contribution in [3.63, 3.8) is 0 Å². The lowest BCUT2D eigenvalue weighted by atomic mass is 10.2. The van der Waals surface area contributed by atoms with Gasteiger partial charge in [-0.2, -0.15) is 0 Å². The Kier molecular flexibility index (Phi) is 8.23. The fourth-order valence-corrected chi connectivity index (χ4v) is 2.17. The third-order valence-electron chi connectivity index (χ3n) is 2.70. The molecule has 1 aliphatic rings. The van der Waals surface area contributed by atoms with Crippen molar-refractivity contribution in [1.82, 2.24) is 15.5 Å². The Morgan fingerprint density at radius 3 is 3.06 bits per heavy atom. The average molecular weight is 247 g/mol. The molecule has 0 radical (unpaired) electrons. The highest BCUT2D eigenvalue weighted by molar-refractivity contribution is 7.98. The van der Waals surface area contributed by atoms with Gasteiger partial charge in [0.05, 0.1) is 12.7 Å². The molecule has 1 rings (SSSR count). The number of rotatable bonds is 8. The first-order chi connectivity index (χ1) is 7.86. The summed E-state index contributed by atoms with van der Waals surface area (Å²) in [4.78, 5) is 2.48. The minimum absolute atomic E-state index is 0.370. The second-order valence-electron chi connectivity index (χ2n) is 4.03. The number of hydrogen-bond donors (Lipinski definition) is 2. The zero-order valence-corrected chi connectivity index (χ0v) is 11.3. The Morgan fingerprint density at radius 2 is 2.31 bits per heavy atom. The lowest BCUT2D eigenvalue weighted by Crippen LogP contribution is -2.48. The first kappa shape index (κ1) is 14.3. The third kappa shape index (κ3) is 6.06. The molecule has 2 N–H and O–H groups in total. The molecule has 4 nitrogen and oxygen atoms in total. The van der Waals surface area contributed by atoms with E-state index >= 15 is 0 Å². The van der Waals surface area contributed by atoms with Crippen LogP contribution in [0, 0.1) is 0 Å². The second-order valence-corrected chi connectivity index (χ2v) is 4.90. The fourth-order valence-electron chi connectivity index (χ4n) is 1.82. The van der Waals surface area contributed by atoms with Gasteiger partial charge in [0.2, 0.25) is 0 Å². The monoisotopic (exact) mass is 247 g/mol. The van der Waals surface area contributed by atoms with E-state index in [-0.39, 0.29) is 0 Å². The molecule has 0 amide bonds. The number of nitrogens with zero attached hydrogens (tertiary/aromatic N) is 1. The lowest BCUT2D eigenvalue weighted by Gasteiger charge is -2.33. The van der Waals surface area contributed by atoms with Gasteiger partial charge in [0.15, 0.2) is 0 Å². The Balaban J connectivity index is 2.07. The predicted molar refractivity (Wildman–Crippen MR) is 71.1 cm³/mol. The maximum atomic E-state index is 5.71. The van der Waals surface area contributed by atoms with Crippen molar-refractivity contribution in [3.05, 3.63) is 0 Å². The van der Waals surface area contributed by atoms with Gasteiger partial charge in [-0.3, -0.25) is 4.90 Å². The molecule has 1 heterocycles. The van der Waals surface area contributed by atoms with Gasteiger partial charge in [-0.15, -0.1) is 11.8 Å². The molecule has 0 aromatic rings. The Bertz CT molecular complexity index is 171. The van der Waals surface area contributed by atoms with Crippen molar-refractivity contribution >= 4 is 11.8 Å². The van der Waals surface area contributed by atoms with Crippen LogP contribution in [-0.2, 0) is 4.74 Å². The van der Waals surface area contributed by atoms with Gasteiger partial charge in [0.25, 0.3) is 0 Å². The molecule has 1 fully saturated rings. The molecule has 5 heteroatoms. The molecular weight excluding hydrogens is 222 g/mol. The van der Waals surface area contributed by atoms with Crippen LogP contribution in [0.2, 0.25) is 0 Å². The normalized spacial score (nSPS) is 22.5. The summed E-state index contributed by atoms with van der Waals surface area (Å²) in [7, 11) is 0. The summed E-state index contributed by atoms with van der Waals surface area (Å²) in [5.41, 5.74) is 0. The van der Waals surface area contributed by atoms with E-state index < -0.39 is 0 Å². The Hall–Kier alpha value is 0.190. The SMILES string of the molecule is CCNC[C@@H]1CN(CCNCSC)CCO1. The number of morpholine rings is 1.